The van der Waals surface area contributed by atoms with E-state index in [4.69, 9.17) is 4.74 Å². The van der Waals surface area contributed by atoms with Crippen molar-refractivity contribution in [3.8, 4) is 5.75 Å². The molecule has 1 aliphatic heterocycles. The summed E-state index contributed by atoms with van der Waals surface area (Å²) in [5.74, 6) is 0.500. The maximum atomic E-state index is 13.9. The first kappa shape index (κ1) is 18.7. The fourth-order valence-corrected chi connectivity index (χ4v) is 4.59. The number of ether oxygens (including phenoxy) is 1. The minimum absolute atomic E-state index is 0.0554. The molecule has 0 amide bonds. The smallest absolute Gasteiger partial charge is 0.214 e. The van der Waals surface area contributed by atoms with Gasteiger partial charge in [0, 0.05) is 26.2 Å². The molecule has 0 aliphatic carbocycles. The molecule has 2 aromatic carbocycles. The van der Waals surface area contributed by atoms with Crippen LogP contribution in [0.2, 0.25) is 0 Å². The summed E-state index contributed by atoms with van der Waals surface area (Å²) in [7, 11) is -1.76. The number of nitrogens with zero attached hydrogens (tertiary/aromatic N) is 2. The fraction of sp³-hybridized carbons (Fsp3) is 0.368. The third-order valence-corrected chi connectivity index (χ3v) is 6.48. The lowest BCUT2D eigenvalue weighted by Crippen LogP contribution is -2.49. The zero-order valence-corrected chi connectivity index (χ0v) is 15.6. The highest BCUT2D eigenvalue weighted by molar-refractivity contribution is 7.89. The standard InChI is InChI=1S/C19H23FN2O3S/c1-25-17-6-4-5-16(15-17)9-14-26(23,24)22-12-10-21(11-13-22)19-8-3-2-7-18(19)20/h2-8,15H,9-14H2,1H3. The van der Waals surface area contributed by atoms with Crippen molar-refractivity contribution in [1.29, 1.82) is 0 Å². The number of rotatable bonds is 6. The van der Waals surface area contributed by atoms with Gasteiger partial charge in [0.2, 0.25) is 10.0 Å². The van der Waals surface area contributed by atoms with Gasteiger partial charge < -0.3 is 9.64 Å². The van der Waals surface area contributed by atoms with Crippen LogP contribution in [0.25, 0.3) is 0 Å². The Bertz CT molecular complexity index is 849. The second-order valence-corrected chi connectivity index (χ2v) is 8.34. The van der Waals surface area contributed by atoms with Crippen molar-refractivity contribution in [2.45, 2.75) is 6.42 Å². The normalized spacial score (nSPS) is 15.8. The largest absolute Gasteiger partial charge is 0.497 e. The first-order valence-corrected chi connectivity index (χ1v) is 10.2. The van der Waals surface area contributed by atoms with Gasteiger partial charge in [-0.15, -0.1) is 0 Å². The number of sulfonamides is 1. The molecule has 1 heterocycles. The number of hydrogen-bond acceptors (Lipinski definition) is 4. The fourth-order valence-electron chi connectivity index (χ4n) is 3.12. The second-order valence-electron chi connectivity index (χ2n) is 6.26. The minimum Gasteiger partial charge on any atom is -0.497 e. The highest BCUT2D eigenvalue weighted by Crippen LogP contribution is 2.21. The van der Waals surface area contributed by atoms with Crippen LogP contribution in [0, 0.1) is 5.82 Å². The molecule has 0 spiro atoms. The lowest BCUT2D eigenvalue weighted by Gasteiger charge is -2.35. The first-order chi connectivity index (χ1) is 12.5. The molecule has 0 unspecified atom stereocenters. The molecule has 3 rings (SSSR count). The average Bonchev–Trinajstić information content (AvgIpc) is 2.67. The lowest BCUT2D eigenvalue weighted by molar-refractivity contribution is 0.383. The van der Waals surface area contributed by atoms with Gasteiger partial charge in [0.1, 0.15) is 11.6 Å². The number of hydrogen-bond donors (Lipinski definition) is 0. The summed E-state index contributed by atoms with van der Waals surface area (Å²) in [5.41, 5.74) is 1.46. The molecule has 26 heavy (non-hydrogen) atoms. The van der Waals surface area contributed by atoms with Crippen molar-refractivity contribution in [2.24, 2.45) is 0 Å². The van der Waals surface area contributed by atoms with E-state index in [0.717, 1.165) is 11.3 Å². The summed E-state index contributed by atoms with van der Waals surface area (Å²) in [6.07, 6.45) is 0.438. The monoisotopic (exact) mass is 378 g/mol. The van der Waals surface area contributed by atoms with Gasteiger partial charge in [0.05, 0.1) is 18.6 Å². The van der Waals surface area contributed by atoms with Gasteiger partial charge in [-0.1, -0.05) is 24.3 Å². The molecule has 0 saturated carbocycles. The van der Waals surface area contributed by atoms with Crippen molar-refractivity contribution >= 4 is 15.7 Å². The van der Waals surface area contributed by atoms with Crippen LogP contribution in [-0.4, -0.2) is 51.8 Å². The Labute approximate surface area is 154 Å². The SMILES string of the molecule is COc1cccc(CCS(=O)(=O)N2CCN(c3ccccc3F)CC2)c1. The Balaban J connectivity index is 1.58. The quantitative estimate of drug-likeness (QED) is 0.775. The summed E-state index contributed by atoms with van der Waals surface area (Å²) in [4.78, 5) is 1.89. The van der Waals surface area contributed by atoms with E-state index in [1.165, 1.54) is 10.4 Å². The van der Waals surface area contributed by atoms with E-state index in [1.807, 2.05) is 29.2 Å². The average molecular weight is 378 g/mol. The van der Waals surface area contributed by atoms with E-state index in [0.29, 0.717) is 38.3 Å². The van der Waals surface area contributed by atoms with Crippen LogP contribution in [0.15, 0.2) is 48.5 Å². The number of piperazine rings is 1. The summed E-state index contributed by atoms with van der Waals surface area (Å²) in [6, 6.07) is 14.0. The molecular weight excluding hydrogens is 355 g/mol. The Morgan fingerprint density at radius 3 is 2.46 bits per heavy atom. The number of para-hydroxylation sites is 1. The van der Waals surface area contributed by atoms with Gasteiger partial charge in [-0.3, -0.25) is 0 Å². The van der Waals surface area contributed by atoms with E-state index in [2.05, 4.69) is 0 Å². The van der Waals surface area contributed by atoms with Gasteiger partial charge in [-0.25, -0.2) is 12.8 Å². The van der Waals surface area contributed by atoms with Crippen molar-refractivity contribution in [3.05, 3.63) is 59.9 Å². The third kappa shape index (κ3) is 4.34. The van der Waals surface area contributed by atoms with Gasteiger partial charge in [0.15, 0.2) is 0 Å². The maximum Gasteiger partial charge on any atom is 0.214 e. The molecule has 0 aromatic heterocycles. The Morgan fingerprint density at radius 2 is 1.77 bits per heavy atom. The summed E-state index contributed by atoms with van der Waals surface area (Å²) < 4.78 is 45.8. The molecule has 7 heteroatoms. The minimum atomic E-state index is -3.34. The van der Waals surface area contributed by atoms with E-state index in [1.54, 1.807) is 25.3 Å². The van der Waals surface area contributed by atoms with Crippen LogP contribution in [0.4, 0.5) is 10.1 Å². The third-order valence-electron chi connectivity index (χ3n) is 4.61. The highest BCUT2D eigenvalue weighted by Gasteiger charge is 2.27. The van der Waals surface area contributed by atoms with Gasteiger partial charge >= 0.3 is 0 Å². The maximum absolute atomic E-state index is 13.9. The summed E-state index contributed by atoms with van der Waals surface area (Å²) in [5, 5.41) is 0. The molecule has 1 aliphatic rings. The van der Waals surface area contributed by atoms with Crippen LogP contribution in [-0.2, 0) is 16.4 Å². The van der Waals surface area contributed by atoms with E-state index in [9.17, 15) is 12.8 Å². The highest BCUT2D eigenvalue weighted by atomic mass is 32.2. The first-order valence-electron chi connectivity index (χ1n) is 8.60. The molecule has 5 nitrogen and oxygen atoms in total. The van der Waals surface area contributed by atoms with Crippen LogP contribution in [0.3, 0.4) is 0 Å². The molecule has 140 valence electrons. The van der Waals surface area contributed by atoms with E-state index >= 15 is 0 Å². The zero-order chi connectivity index (χ0) is 18.6. The van der Waals surface area contributed by atoms with Crippen molar-refractivity contribution in [2.75, 3.05) is 43.9 Å². The van der Waals surface area contributed by atoms with Crippen LogP contribution in [0.1, 0.15) is 5.56 Å². The van der Waals surface area contributed by atoms with E-state index < -0.39 is 10.0 Å². The summed E-state index contributed by atoms with van der Waals surface area (Å²) >= 11 is 0. The predicted molar refractivity (Wildman–Crippen MR) is 101 cm³/mol. The van der Waals surface area contributed by atoms with Crippen LogP contribution < -0.4 is 9.64 Å². The molecule has 0 radical (unpaired) electrons. The van der Waals surface area contributed by atoms with Gasteiger partial charge in [0.25, 0.3) is 0 Å². The van der Waals surface area contributed by atoms with Crippen molar-refractivity contribution < 1.29 is 17.5 Å². The summed E-state index contributed by atoms with van der Waals surface area (Å²) in [6.45, 7) is 1.71. The number of aryl methyl sites for hydroxylation is 1. The molecule has 0 N–H and O–H groups in total. The molecule has 2 aromatic rings. The Hall–Kier alpha value is -2.12. The van der Waals surface area contributed by atoms with Crippen molar-refractivity contribution in [3.63, 3.8) is 0 Å². The number of methoxy groups -OCH3 is 1. The Kier molecular flexibility index (Phi) is 5.78. The molecule has 0 bridgehead atoms. The Morgan fingerprint density at radius 1 is 1.04 bits per heavy atom. The van der Waals surface area contributed by atoms with Crippen molar-refractivity contribution in [1.82, 2.24) is 4.31 Å². The molecule has 1 saturated heterocycles. The lowest BCUT2D eigenvalue weighted by atomic mass is 10.2. The van der Waals surface area contributed by atoms with Crippen LogP contribution >= 0.6 is 0 Å². The molecule has 0 atom stereocenters. The second kappa shape index (κ2) is 8.05. The van der Waals surface area contributed by atoms with Gasteiger partial charge in [-0.05, 0) is 36.2 Å². The number of anilines is 1. The number of benzene rings is 2. The topological polar surface area (TPSA) is 49.9 Å². The van der Waals surface area contributed by atoms with Crippen LogP contribution in [0.5, 0.6) is 5.75 Å². The van der Waals surface area contributed by atoms with E-state index in [-0.39, 0.29) is 11.6 Å². The number of halogens is 1. The molecular formula is C19H23FN2O3S. The predicted octanol–water partition coefficient (Wildman–Crippen LogP) is 2.53. The molecule has 1 fully saturated rings. The van der Waals surface area contributed by atoms with Gasteiger partial charge in [-0.2, -0.15) is 4.31 Å². The zero-order valence-electron chi connectivity index (χ0n) is 14.8.